The summed E-state index contributed by atoms with van der Waals surface area (Å²) in [6, 6.07) is 5.37. The molecule has 1 rings (SSSR count). The lowest BCUT2D eigenvalue weighted by Crippen LogP contribution is -2.27. The molecular formula is C14H19F3N2O2. The van der Waals surface area contributed by atoms with Gasteiger partial charge in [0.25, 0.3) is 0 Å². The Bertz CT molecular complexity index is 443. The number of ether oxygens (including phenoxy) is 1. The average Bonchev–Trinajstić information content (AvgIpc) is 2.42. The van der Waals surface area contributed by atoms with Crippen molar-refractivity contribution in [1.82, 2.24) is 5.32 Å². The maximum absolute atomic E-state index is 12.0. The molecule has 3 N–H and O–H groups in total. The van der Waals surface area contributed by atoms with Crippen LogP contribution in [-0.4, -0.2) is 18.8 Å². The Morgan fingerprint density at radius 1 is 1.33 bits per heavy atom. The quantitative estimate of drug-likeness (QED) is 0.814. The molecule has 0 bridgehead atoms. The van der Waals surface area contributed by atoms with Crippen LogP contribution in [0.5, 0.6) is 5.75 Å². The number of carbonyl (C=O) groups is 1. The van der Waals surface area contributed by atoms with Gasteiger partial charge in [0.2, 0.25) is 5.91 Å². The monoisotopic (exact) mass is 304 g/mol. The fourth-order valence-electron chi connectivity index (χ4n) is 1.74. The minimum atomic E-state index is -4.70. The molecule has 4 nitrogen and oxygen atoms in total. The smallest absolute Gasteiger partial charge is 0.406 e. The molecule has 0 fully saturated rings. The highest BCUT2D eigenvalue weighted by Crippen LogP contribution is 2.22. The molecule has 1 unspecified atom stereocenters. The van der Waals surface area contributed by atoms with Crippen LogP contribution < -0.4 is 15.8 Å². The minimum absolute atomic E-state index is 0.122. The van der Waals surface area contributed by atoms with E-state index in [-0.39, 0.29) is 24.1 Å². The molecule has 118 valence electrons. The Morgan fingerprint density at radius 3 is 2.43 bits per heavy atom. The highest BCUT2D eigenvalue weighted by atomic mass is 19.4. The van der Waals surface area contributed by atoms with Gasteiger partial charge in [0.15, 0.2) is 0 Å². The van der Waals surface area contributed by atoms with E-state index in [2.05, 4.69) is 10.1 Å². The van der Waals surface area contributed by atoms with Gasteiger partial charge in [0, 0.05) is 13.0 Å². The summed E-state index contributed by atoms with van der Waals surface area (Å²) in [6.45, 7) is 2.67. The van der Waals surface area contributed by atoms with Crippen molar-refractivity contribution in [2.24, 2.45) is 11.7 Å². The molecule has 0 spiro atoms. The normalized spacial score (nSPS) is 12.8. The molecule has 1 aromatic rings. The van der Waals surface area contributed by atoms with E-state index in [1.54, 1.807) is 0 Å². The zero-order valence-electron chi connectivity index (χ0n) is 11.7. The second kappa shape index (κ2) is 7.87. The maximum atomic E-state index is 12.0. The van der Waals surface area contributed by atoms with Crippen LogP contribution in [0, 0.1) is 5.92 Å². The van der Waals surface area contributed by atoms with Gasteiger partial charge in [-0.05, 0) is 30.2 Å². The van der Waals surface area contributed by atoms with Crippen molar-refractivity contribution in [2.45, 2.75) is 32.7 Å². The van der Waals surface area contributed by atoms with Gasteiger partial charge in [-0.1, -0.05) is 25.5 Å². The van der Waals surface area contributed by atoms with E-state index >= 15 is 0 Å². The number of alkyl halides is 3. The molecular weight excluding hydrogens is 285 g/mol. The summed E-state index contributed by atoms with van der Waals surface area (Å²) < 4.78 is 39.7. The van der Waals surface area contributed by atoms with Crippen LogP contribution in [0.15, 0.2) is 24.3 Å². The Hall–Kier alpha value is -1.76. The van der Waals surface area contributed by atoms with Gasteiger partial charge in [-0.2, -0.15) is 0 Å². The van der Waals surface area contributed by atoms with Crippen molar-refractivity contribution in [3.05, 3.63) is 29.8 Å². The molecule has 0 heterocycles. The molecule has 7 heteroatoms. The first-order chi connectivity index (χ1) is 9.84. The van der Waals surface area contributed by atoms with E-state index in [0.717, 1.165) is 6.42 Å². The topological polar surface area (TPSA) is 64.4 Å². The molecule has 0 radical (unpaired) electrons. The lowest BCUT2D eigenvalue weighted by Gasteiger charge is -2.12. The van der Waals surface area contributed by atoms with Gasteiger partial charge in [-0.25, -0.2) is 0 Å². The molecule has 0 saturated heterocycles. The molecule has 1 aromatic carbocycles. The molecule has 0 saturated carbocycles. The van der Waals surface area contributed by atoms with Crippen LogP contribution in [0.1, 0.15) is 25.3 Å². The molecule has 0 aliphatic heterocycles. The summed E-state index contributed by atoms with van der Waals surface area (Å²) in [5.41, 5.74) is 6.21. The summed E-state index contributed by atoms with van der Waals surface area (Å²) in [4.78, 5) is 11.7. The number of benzene rings is 1. The second-order valence-corrected chi connectivity index (χ2v) is 4.68. The lowest BCUT2D eigenvalue weighted by atomic mass is 10.0. The van der Waals surface area contributed by atoms with Crippen molar-refractivity contribution >= 4 is 5.91 Å². The largest absolute Gasteiger partial charge is 0.573 e. The van der Waals surface area contributed by atoms with Crippen LogP contribution in [0.4, 0.5) is 13.2 Å². The van der Waals surface area contributed by atoms with Crippen LogP contribution >= 0.6 is 0 Å². The zero-order valence-corrected chi connectivity index (χ0v) is 11.7. The number of nitrogens with one attached hydrogen (secondary N) is 1. The second-order valence-electron chi connectivity index (χ2n) is 4.68. The third-order valence-corrected chi connectivity index (χ3v) is 3.03. The molecule has 0 aliphatic carbocycles. The number of hydrogen-bond donors (Lipinski definition) is 2. The van der Waals surface area contributed by atoms with Crippen molar-refractivity contribution < 1.29 is 22.7 Å². The SMILES string of the molecule is CCC(CN)CC(=O)NCc1ccc(OC(F)(F)F)cc1. The lowest BCUT2D eigenvalue weighted by molar-refractivity contribution is -0.274. The molecule has 0 aromatic heterocycles. The van der Waals surface area contributed by atoms with E-state index in [1.807, 2.05) is 6.92 Å². The van der Waals surface area contributed by atoms with E-state index in [0.29, 0.717) is 18.5 Å². The van der Waals surface area contributed by atoms with E-state index < -0.39 is 6.36 Å². The fourth-order valence-corrected chi connectivity index (χ4v) is 1.74. The predicted octanol–water partition coefficient (Wildman–Crippen LogP) is 2.58. The van der Waals surface area contributed by atoms with Crippen molar-refractivity contribution in [2.75, 3.05) is 6.54 Å². The summed E-state index contributed by atoms with van der Waals surface area (Å²) in [6.07, 6.45) is -3.53. The number of halogens is 3. The summed E-state index contributed by atoms with van der Waals surface area (Å²) in [5.74, 6) is -0.262. The summed E-state index contributed by atoms with van der Waals surface area (Å²) >= 11 is 0. The minimum Gasteiger partial charge on any atom is -0.406 e. The van der Waals surface area contributed by atoms with Crippen LogP contribution in [0.2, 0.25) is 0 Å². The first-order valence-electron chi connectivity index (χ1n) is 6.65. The van der Waals surface area contributed by atoms with Crippen molar-refractivity contribution in [3.8, 4) is 5.75 Å². The van der Waals surface area contributed by atoms with Gasteiger partial charge in [0.05, 0.1) is 0 Å². The molecule has 21 heavy (non-hydrogen) atoms. The third kappa shape index (κ3) is 6.99. The highest BCUT2D eigenvalue weighted by Gasteiger charge is 2.30. The van der Waals surface area contributed by atoms with Crippen molar-refractivity contribution in [1.29, 1.82) is 0 Å². The van der Waals surface area contributed by atoms with Crippen LogP contribution in [0.25, 0.3) is 0 Å². The highest BCUT2D eigenvalue weighted by molar-refractivity contribution is 5.76. The van der Waals surface area contributed by atoms with Gasteiger partial charge in [0.1, 0.15) is 5.75 Å². The molecule has 1 atom stereocenters. The Morgan fingerprint density at radius 2 is 1.95 bits per heavy atom. The van der Waals surface area contributed by atoms with E-state index in [9.17, 15) is 18.0 Å². The maximum Gasteiger partial charge on any atom is 0.573 e. The summed E-state index contributed by atoms with van der Waals surface area (Å²) in [5, 5.41) is 2.71. The fraction of sp³-hybridized carbons (Fsp3) is 0.500. The molecule has 1 amide bonds. The van der Waals surface area contributed by atoms with Gasteiger partial charge in [-0.15, -0.1) is 13.2 Å². The first-order valence-corrected chi connectivity index (χ1v) is 6.65. The number of carbonyl (C=O) groups excluding carboxylic acids is 1. The first kappa shape index (κ1) is 17.3. The van der Waals surface area contributed by atoms with E-state index in [4.69, 9.17) is 5.73 Å². The van der Waals surface area contributed by atoms with Gasteiger partial charge in [-0.3, -0.25) is 4.79 Å². The number of nitrogens with two attached hydrogens (primary N) is 1. The average molecular weight is 304 g/mol. The van der Waals surface area contributed by atoms with Gasteiger partial charge >= 0.3 is 6.36 Å². The van der Waals surface area contributed by atoms with Crippen LogP contribution in [-0.2, 0) is 11.3 Å². The predicted molar refractivity (Wildman–Crippen MR) is 72.4 cm³/mol. The van der Waals surface area contributed by atoms with Crippen molar-refractivity contribution in [3.63, 3.8) is 0 Å². The van der Waals surface area contributed by atoms with Crippen LogP contribution in [0.3, 0.4) is 0 Å². The third-order valence-electron chi connectivity index (χ3n) is 3.03. The Balaban J connectivity index is 2.44. The molecule has 0 aliphatic rings. The van der Waals surface area contributed by atoms with E-state index in [1.165, 1.54) is 24.3 Å². The number of hydrogen-bond acceptors (Lipinski definition) is 3. The van der Waals surface area contributed by atoms with Gasteiger partial charge < -0.3 is 15.8 Å². The standard InChI is InChI=1S/C14H19F3N2O2/c1-2-10(8-18)7-13(20)19-9-11-3-5-12(6-4-11)21-14(15,16)17/h3-6,10H,2,7-9,18H2,1H3,(H,19,20). The Labute approximate surface area is 121 Å². The zero-order chi connectivity index (χ0) is 15.9. The summed E-state index contributed by atoms with van der Waals surface area (Å²) in [7, 11) is 0. The number of rotatable bonds is 7. The Kier molecular flexibility index (Phi) is 6.48. The number of amides is 1.